The predicted molar refractivity (Wildman–Crippen MR) is 138 cm³/mol. The zero-order valence-corrected chi connectivity index (χ0v) is 21.5. The third kappa shape index (κ3) is 6.66. The minimum atomic E-state index is -4.29. The number of ether oxygens (including phenoxy) is 1. The van der Waals surface area contributed by atoms with Crippen LogP contribution in [0, 0.1) is 6.92 Å². The van der Waals surface area contributed by atoms with E-state index in [9.17, 15) is 18.0 Å². The lowest BCUT2D eigenvalue weighted by molar-refractivity contribution is -0.115. The first-order chi connectivity index (χ1) is 16.5. The minimum absolute atomic E-state index is 0.105. The van der Waals surface area contributed by atoms with Crippen LogP contribution in [0.3, 0.4) is 0 Å². The lowest BCUT2D eigenvalue weighted by Crippen LogP contribution is -2.38. The number of carbonyl (C=O) groups excluding carboxylic acids is 2. The first-order valence-corrected chi connectivity index (χ1v) is 12.5. The van der Waals surface area contributed by atoms with E-state index in [1.165, 1.54) is 38.3 Å². The monoisotopic (exact) mass is 535 g/mol. The highest BCUT2D eigenvalue weighted by Gasteiger charge is 2.30. The lowest BCUT2D eigenvalue weighted by atomic mass is 10.2. The number of nitrogens with zero attached hydrogens (tertiary/aromatic N) is 1. The number of nitrogens with one attached hydrogen (secondary N) is 2. The largest absolute Gasteiger partial charge is 0.495 e. The van der Waals surface area contributed by atoms with Crippen molar-refractivity contribution in [2.24, 2.45) is 0 Å². The first-order valence-electron chi connectivity index (χ1n) is 10.3. The molecular formula is C24H23Cl2N3O5S. The molecule has 3 aromatic rings. The van der Waals surface area contributed by atoms with E-state index in [0.717, 1.165) is 4.31 Å². The molecule has 0 aliphatic rings. The van der Waals surface area contributed by atoms with E-state index in [1.54, 1.807) is 43.3 Å². The Morgan fingerprint density at radius 1 is 0.943 bits per heavy atom. The van der Waals surface area contributed by atoms with E-state index < -0.39 is 22.5 Å². The standard InChI is InChI=1S/C24H23Cl2N3O5S/c1-15-7-8-22(34-3)23(9-15)35(32,33)29(21-11-17(25)10-18(26)12-21)14-24(31)28-20-6-4-5-19(13-20)27-16(2)30/h4-13H,14H2,1-3H3,(H,27,30)(H,28,31). The summed E-state index contributed by atoms with van der Waals surface area (Å²) < 4.78 is 33.8. The second-order valence-electron chi connectivity index (χ2n) is 7.60. The summed E-state index contributed by atoms with van der Waals surface area (Å²) in [6.45, 7) is 2.53. The van der Waals surface area contributed by atoms with Crippen LogP contribution in [0.15, 0.2) is 65.6 Å². The van der Waals surface area contributed by atoms with Crippen LogP contribution in [-0.2, 0) is 19.6 Å². The Kier molecular flexibility index (Phi) is 8.26. The molecule has 11 heteroatoms. The summed E-state index contributed by atoms with van der Waals surface area (Å²) in [6.07, 6.45) is 0. The summed E-state index contributed by atoms with van der Waals surface area (Å²) in [5.74, 6) is -0.774. The number of hydrogen-bond donors (Lipinski definition) is 2. The second-order valence-corrected chi connectivity index (χ2v) is 10.3. The van der Waals surface area contributed by atoms with Gasteiger partial charge in [-0.1, -0.05) is 35.3 Å². The SMILES string of the molecule is COc1ccc(C)cc1S(=O)(=O)N(CC(=O)Nc1cccc(NC(C)=O)c1)c1cc(Cl)cc(Cl)c1. The van der Waals surface area contributed by atoms with Crippen molar-refractivity contribution in [3.8, 4) is 5.75 Å². The number of benzene rings is 3. The second kappa shape index (κ2) is 11.0. The highest BCUT2D eigenvalue weighted by atomic mass is 35.5. The van der Waals surface area contributed by atoms with Gasteiger partial charge in [-0.15, -0.1) is 0 Å². The lowest BCUT2D eigenvalue weighted by Gasteiger charge is -2.25. The van der Waals surface area contributed by atoms with E-state index in [4.69, 9.17) is 27.9 Å². The van der Waals surface area contributed by atoms with E-state index >= 15 is 0 Å². The molecule has 0 radical (unpaired) electrons. The molecule has 0 spiro atoms. The molecule has 0 fully saturated rings. The van der Waals surface area contributed by atoms with Gasteiger partial charge < -0.3 is 15.4 Å². The summed E-state index contributed by atoms with van der Waals surface area (Å²) in [4.78, 5) is 24.2. The highest BCUT2D eigenvalue weighted by Crippen LogP contribution is 2.33. The quantitative estimate of drug-likeness (QED) is 0.417. The molecule has 35 heavy (non-hydrogen) atoms. The van der Waals surface area contributed by atoms with E-state index in [2.05, 4.69) is 10.6 Å². The summed E-state index contributed by atoms with van der Waals surface area (Å²) in [7, 11) is -2.93. The van der Waals surface area contributed by atoms with Crippen LogP contribution in [0.2, 0.25) is 10.0 Å². The van der Waals surface area contributed by atoms with Crippen molar-refractivity contribution in [2.75, 3.05) is 28.6 Å². The van der Waals surface area contributed by atoms with E-state index in [0.29, 0.717) is 16.9 Å². The molecule has 0 atom stereocenters. The van der Waals surface area contributed by atoms with Crippen LogP contribution in [0.5, 0.6) is 5.75 Å². The van der Waals surface area contributed by atoms with Crippen LogP contribution in [0.25, 0.3) is 0 Å². The number of methoxy groups -OCH3 is 1. The molecule has 0 saturated heterocycles. The van der Waals surface area contributed by atoms with Crippen molar-refractivity contribution >= 4 is 62.1 Å². The zero-order chi connectivity index (χ0) is 25.8. The Bertz CT molecular complexity index is 1360. The van der Waals surface area contributed by atoms with Gasteiger partial charge in [-0.3, -0.25) is 13.9 Å². The molecule has 0 aromatic heterocycles. The fraction of sp³-hybridized carbons (Fsp3) is 0.167. The van der Waals surface area contributed by atoms with Gasteiger partial charge in [-0.25, -0.2) is 8.42 Å². The van der Waals surface area contributed by atoms with Crippen LogP contribution < -0.4 is 19.7 Å². The normalized spacial score (nSPS) is 11.0. The Balaban J connectivity index is 2.01. The maximum absolute atomic E-state index is 13.8. The predicted octanol–water partition coefficient (Wildman–Crippen LogP) is 5.10. The third-order valence-corrected chi connectivity index (χ3v) is 7.01. The molecule has 2 N–H and O–H groups in total. The zero-order valence-electron chi connectivity index (χ0n) is 19.1. The summed E-state index contributed by atoms with van der Waals surface area (Å²) in [5.41, 5.74) is 1.64. The fourth-order valence-corrected chi connectivity index (χ4v) is 5.47. The first kappa shape index (κ1) is 26.3. The molecule has 8 nitrogen and oxygen atoms in total. The third-order valence-electron chi connectivity index (χ3n) is 4.78. The van der Waals surface area contributed by atoms with Gasteiger partial charge in [0.05, 0.1) is 12.8 Å². The number of aryl methyl sites for hydroxylation is 1. The molecule has 2 amide bonds. The van der Waals surface area contributed by atoms with Crippen molar-refractivity contribution in [3.05, 3.63) is 76.3 Å². The number of sulfonamides is 1. The van der Waals surface area contributed by atoms with Gasteiger partial charge in [-0.2, -0.15) is 0 Å². The van der Waals surface area contributed by atoms with Crippen LogP contribution in [0.4, 0.5) is 17.1 Å². The van der Waals surface area contributed by atoms with Gasteiger partial charge in [0.1, 0.15) is 17.2 Å². The Morgan fingerprint density at radius 2 is 1.57 bits per heavy atom. The highest BCUT2D eigenvalue weighted by molar-refractivity contribution is 7.93. The number of hydrogen-bond acceptors (Lipinski definition) is 5. The topological polar surface area (TPSA) is 105 Å². The Labute approximate surface area is 213 Å². The number of anilines is 3. The van der Waals surface area contributed by atoms with Crippen LogP contribution >= 0.6 is 23.2 Å². The fourth-order valence-electron chi connectivity index (χ4n) is 3.31. The van der Waals surface area contributed by atoms with Crippen molar-refractivity contribution < 1.29 is 22.7 Å². The number of carbonyl (C=O) groups is 2. The van der Waals surface area contributed by atoms with Gasteiger partial charge in [0.15, 0.2) is 0 Å². The molecule has 0 aliphatic carbocycles. The Morgan fingerprint density at radius 3 is 2.17 bits per heavy atom. The Hall–Kier alpha value is -3.27. The maximum atomic E-state index is 13.8. The minimum Gasteiger partial charge on any atom is -0.495 e. The molecule has 3 aromatic carbocycles. The molecule has 0 saturated carbocycles. The maximum Gasteiger partial charge on any atom is 0.268 e. The van der Waals surface area contributed by atoms with Crippen molar-refractivity contribution in [2.45, 2.75) is 18.7 Å². The summed E-state index contributed by atoms with van der Waals surface area (Å²) in [6, 6.07) is 15.4. The molecule has 0 aliphatic heterocycles. The van der Waals surface area contributed by atoms with Crippen molar-refractivity contribution in [1.82, 2.24) is 0 Å². The van der Waals surface area contributed by atoms with Crippen LogP contribution in [-0.4, -0.2) is 33.9 Å². The molecule has 3 rings (SSSR count). The van der Waals surface area contributed by atoms with Gasteiger partial charge in [0, 0.05) is 28.3 Å². The molecule has 0 heterocycles. The van der Waals surface area contributed by atoms with E-state index in [-0.39, 0.29) is 32.3 Å². The average molecular weight is 536 g/mol. The molecule has 0 unspecified atom stereocenters. The van der Waals surface area contributed by atoms with Gasteiger partial charge >= 0.3 is 0 Å². The van der Waals surface area contributed by atoms with E-state index in [1.807, 2.05) is 0 Å². The molecule has 0 bridgehead atoms. The van der Waals surface area contributed by atoms with Gasteiger partial charge in [-0.05, 0) is 61.0 Å². The number of amides is 2. The number of rotatable bonds is 8. The summed E-state index contributed by atoms with van der Waals surface area (Å²) in [5, 5.41) is 5.68. The molecular weight excluding hydrogens is 513 g/mol. The van der Waals surface area contributed by atoms with Crippen LogP contribution in [0.1, 0.15) is 12.5 Å². The van der Waals surface area contributed by atoms with Crippen molar-refractivity contribution in [1.29, 1.82) is 0 Å². The summed E-state index contributed by atoms with van der Waals surface area (Å²) >= 11 is 12.3. The molecule has 184 valence electrons. The van der Waals surface area contributed by atoms with Gasteiger partial charge in [0.25, 0.3) is 10.0 Å². The average Bonchev–Trinajstić information content (AvgIpc) is 2.76. The number of halogens is 2. The smallest absolute Gasteiger partial charge is 0.268 e. The van der Waals surface area contributed by atoms with Crippen molar-refractivity contribution in [3.63, 3.8) is 0 Å². The van der Waals surface area contributed by atoms with Gasteiger partial charge in [0.2, 0.25) is 11.8 Å².